The molecule has 1 aromatic carbocycles. The molecule has 1 rings (SSSR count). The number of carbonyl (C=O) groups is 1. The molecule has 0 bridgehead atoms. The molecule has 0 aliphatic carbocycles. The van der Waals surface area contributed by atoms with E-state index in [-0.39, 0.29) is 12.5 Å². The van der Waals surface area contributed by atoms with Gasteiger partial charge in [-0.15, -0.1) is 0 Å². The second-order valence-electron chi connectivity index (χ2n) is 4.30. The number of rotatable bonds is 5. The van der Waals surface area contributed by atoms with Gasteiger partial charge in [-0.2, -0.15) is 0 Å². The zero-order chi connectivity index (χ0) is 13.7. The topological polar surface area (TPSA) is 84.9 Å². The van der Waals surface area contributed by atoms with Crippen molar-refractivity contribution in [3.05, 3.63) is 29.3 Å². The van der Waals surface area contributed by atoms with Gasteiger partial charge in [0, 0.05) is 5.56 Å². The fraction of sp³-hybridized carbons (Fsp3) is 0.385. The summed E-state index contributed by atoms with van der Waals surface area (Å²) in [7, 11) is 0. The van der Waals surface area contributed by atoms with E-state index in [0.29, 0.717) is 17.0 Å². The van der Waals surface area contributed by atoms with E-state index in [1.165, 1.54) is 0 Å². The molecule has 0 saturated heterocycles. The second-order valence-corrected chi connectivity index (χ2v) is 4.30. The van der Waals surface area contributed by atoms with E-state index in [9.17, 15) is 4.79 Å². The van der Waals surface area contributed by atoms with Crippen molar-refractivity contribution >= 4 is 11.6 Å². The summed E-state index contributed by atoms with van der Waals surface area (Å²) in [6.45, 7) is 5.50. The van der Waals surface area contributed by atoms with Gasteiger partial charge in [0.2, 0.25) is 5.91 Å². The first kappa shape index (κ1) is 14.0. The minimum Gasteiger partial charge on any atom is -0.492 e. The lowest BCUT2D eigenvalue weighted by Crippen LogP contribution is -2.26. The van der Waals surface area contributed by atoms with Gasteiger partial charge in [0.05, 0.1) is 18.2 Å². The summed E-state index contributed by atoms with van der Waals surface area (Å²) in [6, 6.07) is 5.54. The predicted octanol–water partition coefficient (Wildman–Crippen LogP) is 1.69. The molecule has 0 heterocycles. The van der Waals surface area contributed by atoms with E-state index < -0.39 is 5.91 Å². The number of oxime groups is 1. The van der Waals surface area contributed by atoms with Crippen molar-refractivity contribution < 1.29 is 14.7 Å². The molecular weight excluding hydrogens is 232 g/mol. The van der Waals surface area contributed by atoms with Gasteiger partial charge in [0.15, 0.2) is 0 Å². The van der Waals surface area contributed by atoms with Crippen LogP contribution in [-0.2, 0) is 4.79 Å². The Balaban J connectivity index is 2.93. The zero-order valence-electron chi connectivity index (χ0n) is 10.8. The van der Waals surface area contributed by atoms with E-state index >= 15 is 0 Å². The van der Waals surface area contributed by atoms with Crippen LogP contribution in [0.25, 0.3) is 0 Å². The summed E-state index contributed by atoms with van der Waals surface area (Å²) in [5.41, 5.74) is 7.34. The average molecular weight is 250 g/mol. The Labute approximate surface area is 106 Å². The van der Waals surface area contributed by atoms with Crippen molar-refractivity contribution in [1.82, 2.24) is 0 Å². The molecule has 1 aromatic rings. The smallest absolute Gasteiger partial charge is 0.223 e. The molecule has 0 spiro atoms. The molecule has 0 aromatic heterocycles. The quantitative estimate of drug-likeness (QED) is 0.474. The molecule has 98 valence electrons. The molecule has 5 nitrogen and oxygen atoms in total. The predicted molar refractivity (Wildman–Crippen MR) is 69.0 cm³/mol. The van der Waals surface area contributed by atoms with Gasteiger partial charge in [-0.1, -0.05) is 18.1 Å². The van der Waals surface area contributed by atoms with Crippen molar-refractivity contribution in [1.29, 1.82) is 0 Å². The number of aryl methyl sites for hydroxylation is 1. The van der Waals surface area contributed by atoms with Crippen LogP contribution in [0, 0.1) is 12.8 Å². The first-order valence-electron chi connectivity index (χ1n) is 5.67. The molecule has 18 heavy (non-hydrogen) atoms. The normalized spacial score (nSPS) is 13.2. The summed E-state index contributed by atoms with van der Waals surface area (Å²) in [5.74, 6) is -0.195. The number of ether oxygens (including phenoxy) is 1. The number of hydrogen-bond acceptors (Lipinski definition) is 4. The lowest BCUT2D eigenvalue weighted by Gasteiger charge is -2.14. The van der Waals surface area contributed by atoms with Crippen LogP contribution in [0.2, 0.25) is 0 Å². The summed E-state index contributed by atoms with van der Waals surface area (Å²) in [4.78, 5) is 10.9. The van der Waals surface area contributed by atoms with E-state index in [0.717, 1.165) is 5.56 Å². The highest BCUT2D eigenvalue weighted by Gasteiger charge is 2.12. The number of primary amides is 1. The van der Waals surface area contributed by atoms with E-state index in [2.05, 4.69) is 5.16 Å². The monoisotopic (exact) mass is 250 g/mol. The maximum absolute atomic E-state index is 10.9. The fourth-order valence-electron chi connectivity index (χ4n) is 1.40. The third kappa shape index (κ3) is 3.48. The van der Waals surface area contributed by atoms with Crippen molar-refractivity contribution in [3.63, 3.8) is 0 Å². The van der Waals surface area contributed by atoms with Gasteiger partial charge in [-0.3, -0.25) is 4.79 Å². The maximum atomic E-state index is 10.9. The number of nitrogens with zero attached hydrogens (tertiary/aromatic N) is 1. The van der Waals surface area contributed by atoms with Crippen molar-refractivity contribution in [2.45, 2.75) is 20.8 Å². The van der Waals surface area contributed by atoms with Crippen LogP contribution >= 0.6 is 0 Å². The number of nitrogens with two attached hydrogens (primary N) is 1. The highest BCUT2D eigenvalue weighted by molar-refractivity contribution is 6.00. The molecular formula is C13H18N2O3. The third-order valence-electron chi connectivity index (χ3n) is 2.65. The zero-order valence-corrected chi connectivity index (χ0v) is 10.8. The molecule has 1 atom stereocenters. The van der Waals surface area contributed by atoms with Crippen molar-refractivity contribution in [3.8, 4) is 5.75 Å². The van der Waals surface area contributed by atoms with Crippen LogP contribution in [0.4, 0.5) is 0 Å². The molecule has 5 heteroatoms. The molecule has 1 amide bonds. The summed E-state index contributed by atoms with van der Waals surface area (Å²) in [5, 5.41) is 12.0. The summed E-state index contributed by atoms with van der Waals surface area (Å²) in [6.07, 6.45) is 0. The molecule has 1 unspecified atom stereocenters. The number of benzene rings is 1. The largest absolute Gasteiger partial charge is 0.492 e. The van der Waals surface area contributed by atoms with E-state index in [1.807, 2.05) is 25.1 Å². The molecule has 0 fully saturated rings. The number of amides is 1. The first-order chi connectivity index (χ1) is 8.45. The SMILES string of the molecule is CC(=NO)c1ccc(C)cc1OCC(C)C(N)=O. The Kier molecular flexibility index (Phi) is 4.71. The third-order valence-corrected chi connectivity index (χ3v) is 2.65. The minimum absolute atomic E-state index is 0.199. The fourth-order valence-corrected chi connectivity index (χ4v) is 1.40. The standard InChI is InChI=1S/C13H18N2O3/c1-8-4-5-11(10(3)15-17)12(6-8)18-7-9(2)13(14)16/h4-6,9,17H,7H2,1-3H3,(H2,14,16). The van der Waals surface area contributed by atoms with Gasteiger partial charge < -0.3 is 15.7 Å². The highest BCUT2D eigenvalue weighted by Crippen LogP contribution is 2.21. The Morgan fingerprint density at radius 2 is 2.22 bits per heavy atom. The molecule has 0 radical (unpaired) electrons. The van der Waals surface area contributed by atoms with Gasteiger partial charge in [0.1, 0.15) is 5.75 Å². The average Bonchev–Trinajstić information content (AvgIpc) is 2.34. The van der Waals surface area contributed by atoms with Gasteiger partial charge >= 0.3 is 0 Å². The van der Waals surface area contributed by atoms with Gasteiger partial charge in [0.25, 0.3) is 0 Å². The highest BCUT2D eigenvalue weighted by atomic mass is 16.5. The maximum Gasteiger partial charge on any atom is 0.223 e. The van der Waals surface area contributed by atoms with Gasteiger partial charge in [-0.25, -0.2) is 0 Å². The van der Waals surface area contributed by atoms with Crippen molar-refractivity contribution in [2.75, 3.05) is 6.61 Å². The Bertz CT molecular complexity index is 469. The molecule has 0 aliphatic rings. The van der Waals surface area contributed by atoms with Crippen LogP contribution < -0.4 is 10.5 Å². The second kappa shape index (κ2) is 6.05. The number of hydrogen-bond donors (Lipinski definition) is 2. The lowest BCUT2D eigenvalue weighted by atomic mass is 10.1. The molecule has 0 saturated carbocycles. The summed E-state index contributed by atoms with van der Waals surface area (Å²) >= 11 is 0. The first-order valence-corrected chi connectivity index (χ1v) is 5.67. The van der Waals surface area contributed by atoms with E-state index in [1.54, 1.807) is 13.8 Å². The van der Waals surface area contributed by atoms with Crippen LogP contribution in [0.5, 0.6) is 5.75 Å². The van der Waals surface area contributed by atoms with Crippen LogP contribution in [0.1, 0.15) is 25.0 Å². The lowest BCUT2D eigenvalue weighted by molar-refractivity contribution is -0.122. The van der Waals surface area contributed by atoms with Crippen LogP contribution in [-0.4, -0.2) is 23.4 Å². The Morgan fingerprint density at radius 3 is 2.78 bits per heavy atom. The molecule has 3 N–H and O–H groups in total. The Morgan fingerprint density at radius 1 is 1.56 bits per heavy atom. The van der Waals surface area contributed by atoms with Crippen molar-refractivity contribution in [2.24, 2.45) is 16.8 Å². The Hall–Kier alpha value is -2.04. The minimum atomic E-state index is -0.406. The van der Waals surface area contributed by atoms with Crippen LogP contribution in [0.3, 0.4) is 0 Å². The van der Waals surface area contributed by atoms with Gasteiger partial charge in [-0.05, 0) is 31.5 Å². The molecule has 0 aliphatic heterocycles. The van der Waals surface area contributed by atoms with Crippen LogP contribution in [0.15, 0.2) is 23.4 Å². The summed E-state index contributed by atoms with van der Waals surface area (Å²) < 4.78 is 5.57. The van der Waals surface area contributed by atoms with E-state index in [4.69, 9.17) is 15.7 Å². The number of carbonyl (C=O) groups excluding carboxylic acids is 1.